The van der Waals surface area contributed by atoms with E-state index in [9.17, 15) is 0 Å². The molecule has 2 unspecified atom stereocenters. The number of aryl methyl sites for hydroxylation is 1. The zero-order chi connectivity index (χ0) is 10.6. The third-order valence-corrected chi connectivity index (χ3v) is 4.20. The Kier molecular flexibility index (Phi) is 5.18. The molecular weight excluding hydrogens is 256 g/mol. The van der Waals surface area contributed by atoms with Gasteiger partial charge in [0.1, 0.15) is 0 Å². The first-order chi connectivity index (χ1) is 6.61. The molecule has 0 amide bonds. The molecule has 14 heavy (non-hydrogen) atoms. The largest absolute Gasteiger partial charge is 0.152 e. The van der Waals surface area contributed by atoms with Crippen LogP contribution in [0.3, 0.4) is 0 Å². The Hall–Kier alpha value is 0.180. The van der Waals surface area contributed by atoms with Crippen molar-refractivity contribution in [3.8, 4) is 0 Å². The second-order valence-electron chi connectivity index (χ2n) is 4.26. The lowest BCUT2D eigenvalue weighted by molar-refractivity contribution is 0.361. The third-order valence-electron chi connectivity index (χ3n) is 2.79. The van der Waals surface area contributed by atoms with Gasteiger partial charge >= 0.3 is 0 Å². The molecule has 2 atom stereocenters. The third kappa shape index (κ3) is 3.74. The van der Waals surface area contributed by atoms with Crippen LogP contribution in [0, 0.1) is 11.8 Å². The summed E-state index contributed by atoms with van der Waals surface area (Å²) in [5, 5.41) is 4.42. The molecule has 0 aliphatic heterocycles. The van der Waals surface area contributed by atoms with Crippen molar-refractivity contribution in [2.24, 2.45) is 11.8 Å². The molecule has 0 saturated heterocycles. The van der Waals surface area contributed by atoms with Crippen LogP contribution < -0.4 is 0 Å². The van der Waals surface area contributed by atoms with E-state index in [-0.39, 0.29) is 0 Å². The molecule has 0 nitrogen and oxygen atoms in total. The summed E-state index contributed by atoms with van der Waals surface area (Å²) in [6.07, 6.45) is 2.52. The van der Waals surface area contributed by atoms with Crippen molar-refractivity contribution >= 4 is 27.3 Å². The van der Waals surface area contributed by atoms with Gasteiger partial charge in [-0.1, -0.05) is 36.7 Å². The minimum atomic E-state index is 0.626. The van der Waals surface area contributed by atoms with Crippen LogP contribution in [0.5, 0.6) is 0 Å². The average Bonchev–Trinajstić information content (AvgIpc) is 2.55. The Bertz CT molecular complexity index is 231. The summed E-state index contributed by atoms with van der Waals surface area (Å²) in [7, 11) is 0. The zero-order valence-corrected chi connectivity index (χ0v) is 11.6. The van der Waals surface area contributed by atoms with Crippen LogP contribution in [0.2, 0.25) is 0 Å². The summed E-state index contributed by atoms with van der Waals surface area (Å²) in [6.45, 7) is 6.89. The van der Waals surface area contributed by atoms with Crippen LogP contribution in [0.4, 0.5) is 0 Å². The number of hydrogen-bond acceptors (Lipinski definition) is 1. The van der Waals surface area contributed by atoms with Crippen LogP contribution in [0.15, 0.2) is 16.8 Å². The topological polar surface area (TPSA) is 0 Å². The lowest BCUT2D eigenvalue weighted by atomic mass is 9.88. The summed E-state index contributed by atoms with van der Waals surface area (Å²) in [6, 6.07) is 2.24. The average molecular weight is 275 g/mol. The van der Waals surface area contributed by atoms with Gasteiger partial charge in [0.25, 0.3) is 0 Å². The molecule has 0 aliphatic rings. The lowest BCUT2D eigenvalue weighted by Crippen LogP contribution is -2.18. The quantitative estimate of drug-likeness (QED) is 0.681. The van der Waals surface area contributed by atoms with Gasteiger partial charge < -0.3 is 0 Å². The summed E-state index contributed by atoms with van der Waals surface area (Å²) in [4.78, 5) is 0.626. The van der Waals surface area contributed by atoms with E-state index in [1.165, 1.54) is 18.4 Å². The van der Waals surface area contributed by atoms with E-state index in [1.54, 1.807) is 11.3 Å². The van der Waals surface area contributed by atoms with Gasteiger partial charge in [-0.25, -0.2) is 0 Å². The summed E-state index contributed by atoms with van der Waals surface area (Å²) in [5.41, 5.74) is 1.49. The first-order valence-electron chi connectivity index (χ1n) is 5.26. The van der Waals surface area contributed by atoms with Crippen molar-refractivity contribution in [2.45, 2.75) is 38.4 Å². The number of alkyl halides is 1. The Balaban J connectivity index is 2.41. The molecule has 0 N–H and O–H groups in total. The fraction of sp³-hybridized carbons (Fsp3) is 0.667. The Morgan fingerprint density at radius 1 is 1.36 bits per heavy atom. The molecule has 0 fully saturated rings. The van der Waals surface area contributed by atoms with E-state index in [2.05, 4.69) is 53.5 Å². The molecule has 1 heterocycles. The van der Waals surface area contributed by atoms with Crippen LogP contribution in [-0.4, -0.2) is 4.83 Å². The van der Waals surface area contributed by atoms with Crippen LogP contribution in [-0.2, 0) is 6.42 Å². The van der Waals surface area contributed by atoms with E-state index in [4.69, 9.17) is 0 Å². The predicted molar refractivity (Wildman–Crippen MR) is 69.4 cm³/mol. The second-order valence-corrected chi connectivity index (χ2v) is 6.48. The standard InChI is InChI=1S/C12H19BrS/c1-9(2)12(10(3)13)5-4-11-6-7-14-8-11/h6-10,12H,4-5H2,1-3H3. The normalized spacial score (nSPS) is 15.8. The maximum absolute atomic E-state index is 3.71. The van der Waals surface area contributed by atoms with E-state index in [1.807, 2.05) is 0 Å². The van der Waals surface area contributed by atoms with E-state index >= 15 is 0 Å². The van der Waals surface area contributed by atoms with Gasteiger partial charge in [-0.3, -0.25) is 0 Å². The van der Waals surface area contributed by atoms with E-state index in [0.29, 0.717) is 4.83 Å². The first kappa shape index (κ1) is 12.3. The van der Waals surface area contributed by atoms with Crippen LogP contribution in [0.1, 0.15) is 32.8 Å². The highest BCUT2D eigenvalue weighted by molar-refractivity contribution is 9.09. The monoisotopic (exact) mass is 274 g/mol. The van der Waals surface area contributed by atoms with Gasteiger partial charge in [0.15, 0.2) is 0 Å². The smallest absolute Gasteiger partial charge is 0.0148 e. The van der Waals surface area contributed by atoms with Crippen molar-refractivity contribution in [1.29, 1.82) is 0 Å². The molecule has 1 rings (SSSR count). The second kappa shape index (κ2) is 5.92. The molecule has 1 aromatic rings. The van der Waals surface area contributed by atoms with Gasteiger partial charge in [0.2, 0.25) is 0 Å². The SMILES string of the molecule is CC(C)C(CCc1ccsc1)C(C)Br. The van der Waals surface area contributed by atoms with Crippen LogP contribution >= 0.6 is 27.3 Å². The number of thiophene rings is 1. The van der Waals surface area contributed by atoms with Gasteiger partial charge in [0.05, 0.1) is 0 Å². The summed E-state index contributed by atoms with van der Waals surface area (Å²) < 4.78 is 0. The Morgan fingerprint density at radius 3 is 2.50 bits per heavy atom. The number of halogens is 1. The number of rotatable bonds is 5. The molecule has 1 aromatic heterocycles. The first-order valence-corrected chi connectivity index (χ1v) is 7.12. The van der Waals surface area contributed by atoms with Crippen molar-refractivity contribution in [3.63, 3.8) is 0 Å². The molecular formula is C12H19BrS. The molecule has 2 heteroatoms. The maximum Gasteiger partial charge on any atom is 0.0148 e. The minimum absolute atomic E-state index is 0.626. The molecule has 0 saturated carbocycles. The molecule has 0 aliphatic carbocycles. The molecule has 0 spiro atoms. The molecule has 0 aromatic carbocycles. The summed E-state index contributed by atoms with van der Waals surface area (Å²) >= 11 is 5.50. The van der Waals surface area contributed by atoms with Crippen molar-refractivity contribution in [1.82, 2.24) is 0 Å². The van der Waals surface area contributed by atoms with Crippen molar-refractivity contribution in [3.05, 3.63) is 22.4 Å². The molecule has 0 bridgehead atoms. The van der Waals surface area contributed by atoms with E-state index < -0.39 is 0 Å². The van der Waals surface area contributed by atoms with Gasteiger partial charge in [-0.2, -0.15) is 11.3 Å². The highest BCUT2D eigenvalue weighted by Gasteiger charge is 2.18. The number of hydrogen-bond donors (Lipinski definition) is 0. The Morgan fingerprint density at radius 2 is 2.07 bits per heavy atom. The highest BCUT2D eigenvalue weighted by atomic mass is 79.9. The zero-order valence-electron chi connectivity index (χ0n) is 9.16. The van der Waals surface area contributed by atoms with Gasteiger partial charge in [-0.05, 0) is 47.1 Å². The predicted octanol–water partition coefficient (Wildman–Crippen LogP) is 4.74. The van der Waals surface area contributed by atoms with Crippen LogP contribution in [0.25, 0.3) is 0 Å². The fourth-order valence-corrected chi connectivity index (χ4v) is 3.44. The van der Waals surface area contributed by atoms with E-state index in [0.717, 1.165) is 11.8 Å². The lowest BCUT2D eigenvalue weighted by Gasteiger charge is -2.23. The molecule has 80 valence electrons. The van der Waals surface area contributed by atoms with Crippen molar-refractivity contribution in [2.75, 3.05) is 0 Å². The molecule has 0 radical (unpaired) electrons. The fourth-order valence-electron chi connectivity index (χ4n) is 1.86. The maximum atomic E-state index is 3.71. The van der Waals surface area contributed by atoms with Crippen molar-refractivity contribution < 1.29 is 0 Å². The van der Waals surface area contributed by atoms with Gasteiger partial charge in [-0.15, -0.1) is 0 Å². The minimum Gasteiger partial charge on any atom is -0.152 e. The highest BCUT2D eigenvalue weighted by Crippen LogP contribution is 2.26. The summed E-state index contributed by atoms with van der Waals surface area (Å²) in [5.74, 6) is 1.55. The van der Waals surface area contributed by atoms with Gasteiger partial charge in [0, 0.05) is 4.83 Å². The Labute approximate surface area is 99.9 Å².